The van der Waals surface area contributed by atoms with Crippen molar-refractivity contribution in [3.8, 4) is 0 Å². The zero-order valence-electron chi connectivity index (χ0n) is 13.5. The summed E-state index contributed by atoms with van der Waals surface area (Å²) in [5, 5.41) is 17.3. The van der Waals surface area contributed by atoms with Gasteiger partial charge in [0.15, 0.2) is 0 Å². The minimum absolute atomic E-state index is 0.393. The smallest absolute Gasteiger partial charge is 0.0462 e. The normalized spacial score (nSPS) is 41.3. The van der Waals surface area contributed by atoms with Gasteiger partial charge in [0.2, 0.25) is 0 Å². The standard InChI is InChI=1S/C18H34N2O/c21-13-15-7-2-1-6-14(15)12-20-18-10-5-8-16(18)17-9-3-4-11-19-17/h14-21H,1-13H2. The first-order valence-electron chi connectivity index (χ1n) is 9.46. The maximum atomic E-state index is 9.57. The van der Waals surface area contributed by atoms with Gasteiger partial charge in [-0.25, -0.2) is 0 Å². The van der Waals surface area contributed by atoms with E-state index < -0.39 is 0 Å². The molecule has 3 heteroatoms. The molecule has 0 aromatic heterocycles. The highest BCUT2D eigenvalue weighted by Gasteiger charge is 2.34. The molecule has 122 valence electrons. The lowest BCUT2D eigenvalue weighted by Gasteiger charge is -2.35. The van der Waals surface area contributed by atoms with Crippen LogP contribution in [-0.2, 0) is 0 Å². The number of nitrogens with one attached hydrogen (secondary N) is 2. The first-order chi connectivity index (χ1) is 10.4. The highest BCUT2D eigenvalue weighted by Crippen LogP contribution is 2.33. The molecule has 3 aliphatic rings. The third-order valence-electron chi connectivity index (χ3n) is 6.38. The first kappa shape index (κ1) is 15.8. The van der Waals surface area contributed by atoms with Gasteiger partial charge in [0.05, 0.1) is 0 Å². The molecular weight excluding hydrogens is 260 g/mol. The predicted molar refractivity (Wildman–Crippen MR) is 87.3 cm³/mol. The Morgan fingerprint density at radius 1 is 0.857 bits per heavy atom. The number of aliphatic hydroxyl groups excluding tert-OH is 1. The molecule has 21 heavy (non-hydrogen) atoms. The molecule has 2 saturated carbocycles. The van der Waals surface area contributed by atoms with Gasteiger partial charge in [-0.1, -0.05) is 25.7 Å². The van der Waals surface area contributed by atoms with E-state index in [4.69, 9.17) is 0 Å². The van der Waals surface area contributed by atoms with Crippen molar-refractivity contribution in [3.05, 3.63) is 0 Å². The van der Waals surface area contributed by atoms with Crippen LogP contribution < -0.4 is 10.6 Å². The second-order valence-electron chi connectivity index (χ2n) is 7.65. The predicted octanol–water partition coefficient (Wildman–Crippen LogP) is 2.69. The number of rotatable bonds is 5. The van der Waals surface area contributed by atoms with E-state index in [2.05, 4.69) is 10.6 Å². The van der Waals surface area contributed by atoms with Gasteiger partial charge < -0.3 is 15.7 Å². The Hall–Kier alpha value is -0.120. The van der Waals surface area contributed by atoms with Crippen molar-refractivity contribution in [2.75, 3.05) is 19.7 Å². The maximum Gasteiger partial charge on any atom is 0.0462 e. The van der Waals surface area contributed by atoms with E-state index in [0.29, 0.717) is 18.4 Å². The summed E-state index contributed by atoms with van der Waals surface area (Å²) in [5.74, 6) is 2.12. The van der Waals surface area contributed by atoms with Crippen LogP contribution in [0.15, 0.2) is 0 Å². The molecule has 0 aromatic carbocycles. The van der Waals surface area contributed by atoms with Gasteiger partial charge in [0.1, 0.15) is 0 Å². The minimum atomic E-state index is 0.393. The molecule has 0 radical (unpaired) electrons. The summed E-state index contributed by atoms with van der Waals surface area (Å²) in [4.78, 5) is 0. The molecule has 5 atom stereocenters. The van der Waals surface area contributed by atoms with Crippen LogP contribution >= 0.6 is 0 Å². The van der Waals surface area contributed by atoms with E-state index in [1.807, 2.05) is 0 Å². The van der Waals surface area contributed by atoms with E-state index in [1.54, 1.807) is 0 Å². The van der Waals surface area contributed by atoms with E-state index in [1.165, 1.54) is 70.8 Å². The Bertz CT molecular complexity index is 304. The highest BCUT2D eigenvalue weighted by atomic mass is 16.3. The Morgan fingerprint density at radius 2 is 1.67 bits per heavy atom. The molecule has 0 amide bonds. The van der Waals surface area contributed by atoms with Crippen molar-refractivity contribution in [1.82, 2.24) is 10.6 Å². The molecule has 0 bridgehead atoms. The quantitative estimate of drug-likeness (QED) is 0.730. The summed E-state index contributed by atoms with van der Waals surface area (Å²) >= 11 is 0. The molecule has 5 unspecified atom stereocenters. The van der Waals surface area contributed by atoms with Gasteiger partial charge in [-0.05, 0) is 69.4 Å². The Kier molecular flexibility index (Phi) is 5.96. The minimum Gasteiger partial charge on any atom is -0.396 e. The van der Waals surface area contributed by atoms with Crippen LogP contribution in [0.1, 0.15) is 64.2 Å². The summed E-state index contributed by atoms with van der Waals surface area (Å²) in [5.41, 5.74) is 0. The molecule has 3 N–H and O–H groups in total. The zero-order chi connectivity index (χ0) is 14.5. The van der Waals surface area contributed by atoms with Crippen molar-refractivity contribution < 1.29 is 5.11 Å². The molecule has 3 rings (SSSR count). The SMILES string of the molecule is OCC1CCCCC1CNC1CCCC1C1CCCCN1. The maximum absolute atomic E-state index is 9.57. The van der Waals surface area contributed by atoms with Crippen molar-refractivity contribution in [2.24, 2.45) is 17.8 Å². The fraction of sp³-hybridized carbons (Fsp3) is 1.00. The summed E-state index contributed by atoms with van der Waals surface area (Å²) in [7, 11) is 0. The number of aliphatic hydroxyl groups is 1. The van der Waals surface area contributed by atoms with Gasteiger partial charge in [-0.3, -0.25) is 0 Å². The van der Waals surface area contributed by atoms with Gasteiger partial charge in [-0.15, -0.1) is 0 Å². The molecule has 1 saturated heterocycles. The Labute approximate surface area is 130 Å². The average molecular weight is 294 g/mol. The third kappa shape index (κ3) is 4.00. The van der Waals surface area contributed by atoms with Crippen molar-refractivity contribution in [1.29, 1.82) is 0 Å². The molecule has 1 aliphatic heterocycles. The van der Waals surface area contributed by atoms with Crippen molar-refractivity contribution in [2.45, 2.75) is 76.3 Å². The fourth-order valence-corrected chi connectivity index (χ4v) is 5.06. The number of piperidine rings is 1. The van der Waals surface area contributed by atoms with Crippen LogP contribution in [0.4, 0.5) is 0 Å². The van der Waals surface area contributed by atoms with Crippen LogP contribution in [0, 0.1) is 17.8 Å². The van der Waals surface area contributed by atoms with Gasteiger partial charge in [0.25, 0.3) is 0 Å². The Morgan fingerprint density at radius 3 is 2.43 bits per heavy atom. The molecule has 0 spiro atoms. The van der Waals surface area contributed by atoms with Crippen LogP contribution in [0.25, 0.3) is 0 Å². The largest absolute Gasteiger partial charge is 0.396 e. The third-order valence-corrected chi connectivity index (χ3v) is 6.38. The topological polar surface area (TPSA) is 44.3 Å². The lowest BCUT2D eigenvalue weighted by atomic mass is 9.79. The zero-order valence-corrected chi connectivity index (χ0v) is 13.5. The molecule has 0 aromatic rings. The first-order valence-corrected chi connectivity index (χ1v) is 9.46. The van der Waals surface area contributed by atoms with Gasteiger partial charge in [-0.2, -0.15) is 0 Å². The lowest BCUT2D eigenvalue weighted by Crippen LogP contribution is -2.48. The van der Waals surface area contributed by atoms with E-state index in [9.17, 15) is 5.11 Å². The van der Waals surface area contributed by atoms with Crippen LogP contribution in [-0.4, -0.2) is 36.9 Å². The second kappa shape index (κ2) is 7.94. The van der Waals surface area contributed by atoms with Crippen molar-refractivity contribution >= 4 is 0 Å². The fourth-order valence-electron chi connectivity index (χ4n) is 5.06. The molecule has 3 fully saturated rings. The monoisotopic (exact) mass is 294 g/mol. The summed E-state index contributed by atoms with van der Waals surface area (Å²) in [6.45, 7) is 2.76. The summed E-state index contributed by atoms with van der Waals surface area (Å²) < 4.78 is 0. The van der Waals surface area contributed by atoms with Crippen LogP contribution in [0.2, 0.25) is 0 Å². The number of hydrogen-bond donors (Lipinski definition) is 3. The molecule has 2 aliphatic carbocycles. The molecular formula is C18H34N2O. The van der Waals surface area contributed by atoms with E-state index in [-0.39, 0.29) is 0 Å². The summed E-state index contributed by atoms with van der Waals surface area (Å²) in [6, 6.07) is 1.49. The number of hydrogen-bond acceptors (Lipinski definition) is 3. The van der Waals surface area contributed by atoms with Crippen molar-refractivity contribution in [3.63, 3.8) is 0 Å². The summed E-state index contributed by atoms with van der Waals surface area (Å²) in [6.07, 6.45) is 13.6. The Balaban J connectivity index is 1.49. The lowest BCUT2D eigenvalue weighted by molar-refractivity contribution is 0.128. The molecule has 3 nitrogen and oxygen atoms in total. The molecule has 1 heterocycles. The van der Waals surface area contributed by atoms with E-state index >= 15 is 0 Å². The van der Waals surface area contributed by atoms with E-state index in [0.717, 1.165) is 24.5 Å². The van der Waals surface area contributed by atoms with Crippen LogP contribution in [0.3, 0.4) is 0 Å². The second-order valence-corrected chi connectivity index (χ2v) is 7.65. The highest BCUT2D eigenvalue weighted by molar-refractivity contribution is 4.93. The average Bonchev–Trinajstić information content (AvgIpc) is 3.02. The van der Waals surface area contributed by atoms with Gasteiger partial charge >= 0.3 is 0 Å². The van der Waals surface area contributed by atoms with Crippen LogP contribution in [0.5, 0.6) is 0 Å². The van der Waals surface area contributed by atoms with Gasteiger partial charge in [0, 0.05) is 18.7 Å².